The number of H-pyrrole nitrogens is 1. The van der Waals surface area contributed by atoms with E-state index >= 15 is 0 Å². The van der Waals surface area contributed by atoms with Crippen LogP contribution in [0.2, 0.25) is 0 Å². The molecule has 4 nitrogen and oxygen atoms in total. The predicted octanol–water partition coefficient (Wildman–Crippen LogP) is 4.10. The maximum Gasteiger partial charge on any atom is 0.315 e. The van der Waals surface area contributed by atoms with Gasteiger partial charge in [-0.2, -0.15) is 0 Å². The van der Waals surface area contributed by atoms with Crippen molar-refractivity contribution in [1.82, 2.24) is 4.98 Å². The van der Waals surface area contributed by atoms with Crippen LogP contribution in [0, 0.1) is 0 Å². The highest BCUT2D eigenvalue weighted by atomic mass is 16.6. The van der Waals surface area contributed by atoms with Crippen LogP contribution in [0.3, 0.4) is 0 Å². The summed E-state index contributed by atoms with van der Waals surface area (Å²) in [7, 11) is 0. The Kier molecular flexibility index (Phi) is 4.62. The molecule has 3 aromatic rings. The summed E-state index contributed by atoms with van der Waals surface area (Å²) in [6.45, 7) is 2.63. The van der Waals surface area contributed by atoms with E-state index in [4.69, 9.17) is 9.47 Å². The quantitative estimate of drug-likeness (QED) is 0.551. The first-order valence-corrected chi connectivity index (χ1v) is 7.75. The number of benzene rings is 2. The fraction of sp³-hybridized carbons (Fsp3) is 0.211. The van der Waals surface area contributed by atoms with Crippen molar-refractivity contribution in [2.45, 2.75) is 19.8 Å². The summed E-state index contributed by atoms with van der Waals surface area (Å²) in [6, 6.07) is 15.1. The van der Waals surface area contributed by atoms with Gasteiger partial charge in [0.1, 0.15) is 0 Å². The fourth-order valence-electron chi connectivity index (χ4n) is 2.46. The number of hydrogen-bond donors (Lipinski definition) is 1. The molecule has 0 atom stereocenters. The van der Waals surface area contributed by atoms with Crippen LogP contribution in [0.5, 0.6) is 11.5 Å². The van der Waals surface area contributed by atoms with Crippen molar-refractivity contribution in [2.24, 2.45) is 0 Å². The van der Waals surface area contributed by atoms with Crippen molar-refractivity contribution in [2.75, 3.05) is 6.61 Å². The zero-order valence-electron chi connectivity index (χ0n) is 13.0. The molecule has 0 aliphatic heterocycles. The highest BCUT2D eigenvalue weighted by molar-refractivity contribution is 5.87. The van der Waals surface area contributed by atoms with Crippen molar-refractivity contribution in [3.05, 3.63) is 60.3 Å². The highest BCUT2D eigenvalue weighted by Gasteiger charge is 2.13. The molecular formula is C19H19NO3. The van der Waals surface area contributed by atoms with E-state index in [9.17, 15) is 4.79 Å². The van der Waals surface area contributed by atoms with E-state index in [-0.39, 0.29) is 12.4 Å². The number of aromatic amines is 1. The molecule has 0 amide bonds. The third kappa shape index (κ3) is 3.54. The minimum absolute atomic E-state index is 0.214. The number of ether oxygens (including phenoxy) is 2. The molecule has 23 heavy (non-hydrogen) atoms. The van der Waals surface area contributed by atoms with Crippen LogP contribution in [-0.2, 0) is 11.2 Å². The van der Waals surface area contributed by atoms with Crippen molar-refractivity contribution >= 4 is 16.9 Å². The van der Waals surface area contributed by atoms with Gasteiger partial charge in [-0.05, 0) is 30.2 Å². The van der Waals surface area contributed by atoms with Gasteiger partial charge in [-0.3, -0.25) is 4.79 Å². The number of nitrogens with one attached hydrogen (secondary N) is 1. The van der Waals surface area contributed by atoms with Crippen LogP contribution in [0.4, 0.5) is 0 Å². The Labute approximate surface area is 135 Å². The molecule has 4 heteroatoms. The number of carbonyl (C=O) groups excluding carboxylic acids is 1. The van der Waals surface area contributed by atoms with Crippen LogP contribution in [0.25, 0.3) is 10.9 Å². The molecule has 0 saturated heterocycles. The van der Waals surface area contributed by atoms with Gasteiger partial charge < -0.3 is 14.5 Å². The second-order valence-electron chi connectivity index (χ2n) is 5.31. The SMILES string of the molecule is CCCOc1ccccc1OC(=O)Cc1c[nH]c2ccccc12. The summed E-state index contributed by atoms with van der Waals surface area (Å²) in [4.78, 5) is 15.4. The van der Waals surface area contributed by atoms with Gasteiger partial charge >= 0.3 is 5.97 Å². The molecule has 0 fully saturated rings. The van der Waals surface area contributed by atoms with E-state index < -0.39 is 0 Å². The summed E-state index contributed by atoms with van der Waals surface area (Å²) in [5, 5.41) is 1.04. The van der Waals surface area contributed by atoms with Gasteiger partial charge in [-0.1, -0.05) is 37.3 Å². The molecule has 3 rings (SSSR count). The Morgan fingerprint density at radius 1 is 1.04 bits per heavy atom. The van der Waals surface area contributed by atoms with Crippen LogP contribution in [0.15, 0.2) is 54.7 Å². The van der Waals surface area contributed by atoms with Gasteiger partial charge in [-0.25, -0.2) is 0 Å². The fourth-order valence-corrected chi connectivity index (χ4v) is 2.46. The zero-order chi connectivity index (χ0) is 16.1. The summed E-state index contributed by atoms with van der Waals surface area (Å²) < 4.78 is 11.1. The van der Waals surface area contributed by atoms with Crippen LogP contribution >= 0.6 is 0 Å². The third-order valence-electron chi connectivity index (χ3n) is 3.54. The van der Waals surface area contributed by atoms with Gasteiger partial charge in [0.05, 0.1) is 13.0 Å². The van der Waals surface area contributed by atoms with Gasteiger partial charge in [0.25, 0.3) is 0 Å². The largest absolute Gasteiger partial charge is 0.490 e. The zero-order valence-corrected chi connectivity index (χ0v) is 13.0. The first-order chi connectivity index (χ1) is 11.3. The first-order valence-electron chi connectivity index (χ1n) is 7.75. The maximum absolute atomic E-state index is 12.3. The second kappa shape index (κ2) is 7.01. The number of fused-ring (bicyclic) bond motifs is 1. The Bertz CT molecular complexity index is 807. The van der Waals surface area contributed by atoms with Gasteiger partial charge in [0.2, 0.25) is 0 Å². The molecule has 0 radical (unpaired) electrons. The van der Waals surface area contributed by atoms with Crippen molar-refractivity contribution in [3.8, 4) is 11.5 Å². The molecule has 2 aromatic carbocycles. The van der Waals surface area contributed by atoms with E-state index in [1.165, 1.54) is 0 Å². The van der Waals surface area contributed by atoms with Crippen molar-refractivity contribution in [3.63, 3.8) is 0 Å². The van der Waals surface area contributed by atoms with E-state index in [0.717, 1.165) is 22.9 Å². The number of para-hydroxylation sites is 3. The molecule has 1 heterocycles. The van der Waals surface area contributed by atoms with E-state index in [1.807, 2.05) is 55.6 Å². The molecule has 1 aromatic heterocycles. The molecule has 0 unspecified atom stereocenters. The van der Waals surface area contributed by atoms with E-state index in [0.29, 0.717) is 18.1 Å². The summed E-state index contributed by atoms with van der Waals surface area (Å²) in [5.41, 5.74) is 1.94. The molecule has 0 saturated carbocycles. The average Bonchev–Trinajstić information content (AvgIpc) is 2.97. The highest BCUT2D eigenvalue weighted by Crippen LogP contribution is 2.27. The average molecular weight is 309 g/mol. The molecule has 1 N–H and O–H groups in total. The molecule has 118 valence electrons. The van der Waals surface area contributed by atoms with Gasteiger partial charge in [0.15, 0.2) is 11.5 Å². The molecule has 0 aliphatic rings. The topological polar surface area (TPSA) is 51.3 Å². The van der Waals surface area contributed by atoms with Crippen molar-refractivity contribution in [1.29, 1.82) is 0 Å². The molecule has 0 aliphatic carbocycles. The number of hydrogen-bond acceptors (Lipinski definition) is 3. The van der Waals surface area contributed by atoms with Crippen LogP contribution < -0.4 is 9.47 Å². The summed E-state index contributed by atoms with van der Waals surface area (Å²) in [5.74, 6) is 0.759. The lowest BCUT2D eigenvalue weighted by molar-refractivity contribution is -0.133. The number of carbonyl (C=O) groups is 1. The lowest BCUT2D eigenvalue weighted by Crippen LogP contribution is -2.12. The molecular weight excluding hydrogens is 290 g/mol. The predicted molar refractivity (Wildman–Crippen MR) is 89.9 cm³/mol. The van der Waals surface area contributed by atoms with Gasteiger partial charge in [-0.15, -0.1) is 0 Å². The summed E-state index contributed by atoms with van der Waals surface area (Å²) in [6.07, 6.45) is 2.97. The standard InChI is InChI=1S/C19H19NO3/c1-2-11-22-17-9-5-6-10-18(17)23-19(21)12-14-13-20-16-8-4-3-7-15(14)16/h3-10,13,20H,2,11-12H2,1H3. The van der Waals surface area contributed by atoms with E-state index in [1.54, 1.807) is 6.07 Å². The van der Waals surface area contributed by atoms with E-state index in [2.05, 4.69) is 4.98 Å². The minimum atomic E-state index is -0.303. The Morgan fingerprint density at radius 2 is 1.78 bits per heavy atom. The van der Waals surface area contributed by atoms with Crippen LogP contribution in [0.1, 0.15) is 18.9 Å². The van der Waals surface area contributed by atoms with Crippen LogP contribution in [-0.4, -0.2) is 17.6 Å². The number of aromatic nitrogens is 1. The maximum atomic E-state index is 12.3. The monoisotopic (exact) mass is 309 g/mol. The smallest absolute Gasteiger partial charge is 0.315 e. The number of rotatable bonds is 6. The normalized spacial score (nSPS) is 10.7. The first kappa shape index (κ1) is 15.2. The lowest BCUT2D eigenvalue weighted by atomic mass is 10.1. The lowest BCUT2D eigenvalue weighted by Gasteiger charge is -2.10. The second-order valence-corrected chi connectivity index (χ2v) is 5.31. The van der Waals surface area contributed by atoms with Crippen molar-refractivity contribution < 1.29 is 14.3 Å². The number of esters is 1. The third-order valence-corrected chi connectivity index (χ3v) is 3.54. The molecule has 0 bridgehead atoms. The Hall–Kier alpha value is -2.75. The molecule has 0 spiro atoms. The Balaban J connectivity index is 1.72. The Morgan fingerprint density at radius 3 is 2.61 bits per heavy atom. The minimum Gasteiger partial charge on any atom is -0.490 e. The van der Waals surface area contributed by atoms with Gasteiger partial charge in [0, 0.05) is 17.1 Å². The summed E-state index contributed by atoms with van der Waals surface area (Å²) >= 11 is 0.